The lowest BCUT2D eigenvalue weighted by atomic mass is 10.1. The van der Waals surface area contributed by atoms with Crippen molar-refractivity contribution in [2.24, 2.45) is 0 Å². The predicted octanol–water partition coefficient (Wildman–Crippen LogP) is 3.64. The molecule has 1 heterocycles. The first kappa shape index (κ1) is 12.0. The summed E-state index contributed by atoms with van der Waals surface area (Å²) in [6.45, 7) is 1.89. The molecule has 0 radical (unpaired) electrons. The molecule has 1 saturated carbocycles. The zero-order chi connectivity index (χ0) is 13.6. The van der Waals surface area contributed by atoms with Crippen LogP contribution in [0.15, 0.2) is 30.3 Å². The summed E-state index contributed by atoms with van der Waals surface area (Å²) >= 11 is 0. The maximum Gasteiger partial charge on any atom is 0.352 e. The average Bonchev–Trinajstić information content (AvgIpc) is 3.11. The second-order valence-corrected chi connectivity index (χ2v) is 4.99. The number of rotatable bonds is 3. The average molecular weight is 259 g/mol. The van der Waals surface area contributed by atoms with Crippen molar-refractivity contribution >= 4 is 5.97 Å². The fraction of sp³-hybridized carbons (Fsp3) is 0.267. The predicted molar refractivity (Wildman–Crippen MR) is 69.8 cm³/mol. The van der Waals surface area contributed by atoms with Gasteiger partial charge in [-0.3, -0.25) is 0 Å². The van der Waals surface area contributed by atoms with Crippen molar-refractivity contribution in [1.82, 2.24) is 4.57 Å². The second kappa shape index (κ2) is 4.23. The molecule has 0 amide bonds. The van der Waals surface area contributed by atoms with Crippen LogP contribution in [-0.2, 0) is 0 Å². The number of aromatic nitrogens is 1. The van der Waals surface area contributed by atoms with E-state index in [-0.39, 0.29) is 17.6 Å². The number of nitrogens with zero attached hydrogens (tertiary/aromatic N) is 1. The maximum atomic E-state index is 14.0. The third kappa shape index (κ3) is 2.03. The number of carboxylic acids is 1. The summed E-state index contributed by atoms with van der Waals surface area (Å²) in [5.74, 6) is -1.28. The molecule has 1 fully saturated rings. The summed E-state index contributed by atoms with van der Waals surface area (Å²) in [6, 6.07) is 8.33. The van der Waals surface area contributed by atoms with Crippen LogP contribution in [0.2, 0.25) is 0 Å². The molecule has 0 unspecified atom stereocenters. The molecule has 4 heteroatoms. The molecule has 1 N–H and O–H groups in total. The summed E-state index contributed by atoms with van der Waals surface area (Å²) in [5.41, 5.74) is 2.32. The van der Waals surface area contributed by atoms with Gasteiger partial charge in [-0.15, -0.1) is 0 Å². The van der Waals surface area contributed by atoms with Gasteiger partial charge in [-0.1, -0.05) is 11.6 Å². The van der Waals surface area contributed by atoms with E-state index in [9.17, 15) is 14.3 Å². The number of aromatic carboxylic acids is 1. The fourth-order valence-corrected chi connectivity index (χ4v) is 2.40. The Kier molecular flexibility index (Phi) is 2.66. The standard InChI is InChI=1S/C15H14FNO2/c1-9-2-5-12(16)11(8-9)13-6-7-14(15(18)19)17(13)10-3-4-10/h2,5-8,10H,3-4H2,1H3,(H,18,19). The molecule has 1 aromatic heterocycles. The molecule has 0 aliphatic heterocycles. The van der Waals surface area contributed by atoms with E-state index >= 15 is 0 Å². The molecule has 1 aliphatic rings. The summed E-state index contributed by atoms with van der Waals surface area (Å²) in [6.07, 6.45) is 1.91. The lowest BCUT2D eigenvalue weighted by Crippen LogP contribution is -2.08. The van der Waals surface area contributed by atoms with Crippen LogP contribution in [0.3, 0.4) is 0 Å². The zero-order valence-corrected chi connectivity index (χ0v) is 10.6. The van der Waals surface area contributed by atoms with Crippen molar-refractivity contribution in [3.05, 3.63) is 47.4 Å². The van der Waals surface area contributed by atoms with Crippen molar-refractivity contribution in [1.29, 1.82) is 0 Å². The number of hydrogen-bond donors (Lipinski definition) is 1. The minimum Gasteiger partial charge on any atom is -0.477 e. The summed E-state index contributed by atoms with van der Waals surface area (Å²) < 4.78 is 15.7. The van der Waals surface area contributed by atoms with Crippen LogP contribution >= 0.6 is 0 Å². The van der Waals surface area contributed by atoms with Gasteiger partial charge in [-0.2, -0.15) is 0 Å². The zero-order valence-electron chi connectivity index (χ0n) is 10.6. The molecule has 0 bridgehead atoms. The van der Waals surface area contributed by atoms with Crippen LogP contribution in [-0.4, -0.2) is 15.6 Å². The molecular formula is C15H14FNO2. The van der Waals surface area contributed by atoms with E-state index in [1.54, 1.807) is 28.8 Å². The van der Waals surface area contributed by atoms with Crippen molar-refractivity contribution < 1.29 is 14.3 Å². The first-order chi connectivity index (χ1) is 9.08. The minimum atomic E-state index is -0.966. The molecular weight excluding hydrogens is 245 g/mol. The first-order valence-electron chi connectivity index (χ1n) is 6.29. The Labute approximate surface area is 110 Å². The summed E-state index contributed by atoms with van der Waals surface area (Å²) in [4.78, 5) is 11.2. The molecule has 3 rings (SSSR count). The molecule has 19 heavy (non-hydrogen) atoms. The lowest BCUT2D eigenvalue weighted by molar-refractivity contribution is 0.0685. The van der Waals surface area contributed by atoms with Crippen LogP contribution in [0, 0.1) is 12.7 Å². The van der Waals surface area contributed by atoms with Gasteiger partial charge in [0.25, 0.3) is 0 Å². The van der Waals surface area contributed by atoms with Crippen LogP contribution in [0.1, 0.15) is 34.9 Å². The number of carbonyl (C=O) groups is 1. The molecule has 1 aromatic carbocycles. The van der Waals surface area contributed by atoms with Crippen molar-refractivity contribution in [2.45, 2.75) is 25.8 Å². The monoisotopic (exact) mass is 259 g/mol. The second-order valence-electron chi connectivity index (χ2n) is 4.99. The molecule has 0 spiro atoms. The largest absolute Gasteiger partial charge is 0.477 e. The molecule has 0 atom stereocenters. The van der Waals surface area contributed by atoms with Gasteiger partial charge in [0.15, 0.2) is 0 Å². The van der Waals surface area contributed by atoms with Crippen LogP contribution < -0.4 is 0 Å². The molecule has 2 aromatic rings. The Bertz CT molecular complexity index is 656. The number of hydrogen-bond acceptors (Lipinski definition) is 1. The van der Waals surface area contributed by atoms with E-state index in [4.69, 9.17) is 0 Å². The van der Waals surface area contributed by atoms with Gasteiger partial charge in [0, 0.05) is 11.6 Å². The first-order valence-corrected chi connectivity index (χ1v) is 6.29. The smallest absolute Gasteiger partial charge is 0.352 e. The van der Waals surface area contributed by atoms with E-state index < -0.39 is 5.97 Å². The Morgan fingerprint density at radius 3 is 2.68 bits per heavy atom. The van der Waals surface area contributed by atoms with Gasteiger partial charge in [-0.05, 0) is 44.0 Å². The summed E-state index contributed by atoms with van der Waals surface area (Å²) in [5, 5.41) is 9.21. The van der Waals surface area contributed by atoms with Crippen molar-refractivity contribution in [3.8, 4) is 11.3 Å². The molecule has 0 saturated heterocycles. The number of benzene rings is 1. The number of carboxylic acid groups (broad SMARTS) is 1. The Morgan fingerprint density at radius 1 is 1.32 bits per heavy atom. The normalized spacial score (nSPS) is 14.6. The highest BCUT2D eigenvalue weighted by atomic mass is 19.1. The Balaban J connectivity index is 2.20. The summed E-state index contributed by atoms with van der Waals surface area (Å²) in [7, 11) is 0. The van der Waals surface area contributed by atoms with Gasteiger partial charge in [-0.25, -0.2) is 9.18 Å². The number of halogens is 1. The van der Waals surface area contributed by atoms with Crippen LogP contribution in [0.25, 0.3) is 11.3 Å². The van der Waals surface area contributed by atoms with Crippen LogP contribution in [0.4, 0.5) is 4.39 Å². The van der Waals surface area contributed by atoms with E-state index in [2.05, 4.69) is 0 Å². The highest BCUT2D eigenvalue weighted by molar-refractivity contribution is 5.87. The van der Waals surface area contributed by atoms with Crippen LogP contribution in [0.5, 0.6) is 0 Å². The highest BCUT2D eigenvalue weighted by Gasteiger charge is 2.30. The highest BCUT2D eigenvalue weighted by Crippen LogP contribution is 2.41. The van der Waals surface area contributed by atoms with E-state index in [1.165, 1.54) is 6.07 Å². The molecule has 98 valence electrons. The fourth-order valence-electron chi connectivity index (χ4n) is 2.40. The number of aryl methyl sites for hydroxylation is 1. The van der Waals surface area contributed by atoms with Gasteiger partial charge < -0.3 is 9.67 Å². The maximum absolute atomic E-state index is 14.0. The van der Waals surface area contributed by atoms with E-state index in [0.29, 0.717) is 11.3 Å². The Hall–Kier alpha value is -2.10. The lowest BCUT2D eigenvalue weighted by Gasteiger charge is -2.11. The topological polar surface area (TPSA) is 42.2 Å². The third-order valence-electron chi connectivity index (χ3n) is 3.45. The van der Waals surface area contributed by atoms with Gasteiger partial charge in [0.1, 0.15) is 11.5 Å². The third-order valence-corrected chi connectivity index (χ3v) is 3.45. The minimum absolute atomic E-state index is 0.191. The van der Waals surface area contributed by atoms with Gasteiger partial charge >= 0.3 is 5.97 Å². The van der Waals surface area contributed by atoms with E-state index in [1.807, 2.05) is 6.92 Å². The van der Waals surface area contributed by atoms with Crippen molar-refractivity contribution in [2.75, 3.05) is 0 Å². The molecule has 1 aliphatic carbocycles. The van der Waals surface area contributed by atoms with Gasteiger partial charge in [0.05, 0.1) is 5.69 Å². The van der Waals surface area contributed by atoms with Crippen molar-refractivity contribution in [3.63, 3.8) is 0 Å². The molecule has 3 nitrogen and oxygen atoms in total. The van der Waals surface area contributed by atoms with Gasteiger partial charge in [0.2, 0.25) is 0 Å². The quantitative estimate of drug-likeness (QED) is 0.914. The Morgan fingerprint density at radius 2 is 2.05 bits per heavy atom. The SMILES string of the molecule is Cc1ccc(F)c(-c2ccc(C(=O)O)n2C2CC2)c1. The van der Waals surface area contributed by atoms with E-state index in [0.717, 1.165) is 18.4 Å².